The topological polar surface area (TPSA) is 95.8 Å². The number of halogens is 9. The molecule has 0 amide bonds. The van der Waals surface area contributed by atoms with Crippen LogP contribution < -0.4 is 44.5 Å². The Morgan fingerprint density at radius 2 is 1.17 bits per heavy atom. The van der Waals surface area contributed by atoms with Gasteiger partial charge >= 0.3 is 36.7 Å². The van der Waals surface area contributed by atoms with Crippen LogP contribution in [-0.4, -0.2) is 75.5 Å². The van der Waals surface area contributed by atoms with Crippen LogP contribution in [0.1, 0.15) is 68.7 Å². The van der Waals surface area contributed by atoms with Crippen LogP contribution in [-0.2, 0) is 9.31 Å². The van der Waals surface area contributed by atoms with Gasteiger partial charge < -0.3 is 25.3 Å². The summed E-state index contributed by atoms with van der Waals surface area (Å²) in [7, 11) is -0.431. The number of ether oxygens (including phenoxy) is 2. The maximum Gasteiger partial charge on any atom is 1.00 e. The van der Waals surface area contributed by atoms with Crippen molar-refractivity contribution in [2.24, 2.45) is 0 Å². The number of aliphatic hydroxyl groups excluding tert-OH is 1. The molecule has 0 aromatic carbocycles. The van der Waals surface area contributed by atoms with E-state index in [4.69, 9.17) is 23.9 Å². The summed E-state index contributed by atoms with van der Waals surface area (Å²) >= 11 is 6.34. The summed E-state index contributed by atoms with van der Waals surface area (Å²) in [6.07, 6.45) is 1.45. The molecule has 4 heterocycles. The Morgan fingerprint density at radius 1 is 0.731 bits per heavy atom. The SMILES string of the molecule is C.C.CC1(C)COB(c2ccc(OC3CC(F)(F)C3)nc2)O1.FC1(F)CC(Oc2ccc(Br)cn2)C1.Fc1ccc(Br)cn1.OC1CC(F)(F)C1.[H-].[Na+]. The summed E-state index contributed by atoms with van der Waals surface area (Å²) in [4.78, 5) is 11.4. The zero-order chi connectivity index (χ0) is 36.0. The largest absolute Gasteiger partial charge is 1.00 e. The van der Waals surface area contributed by atoms with Crippen LogP contribution in [0, 0.1) is 5.95 Å². The van der Waals surface area contributed by atoms with Crippen LogP contribution in [0.2, 0.25) is 0 Å². The van der Waals surface area contributed by atoms with Gasteiger partial charge in [-0.1, -0.05) is 20.9 Å². The fourth-order valence-corrected chi connectivity index (χ4v) is 5.01. The number of aromatic nitrogens is 3. The molecule has 8 nitrogen and oxygen atoms in total. The first-order valence-electron chi connectivity index (χ1n) is 15.1. The predicted octanol–water partition coefficient (Wildman–Crippen LogP) is 5.95. The van der Waals surface area contributed by atoms with Gasteiger partial charge in [0.2, 0.25) is 17.7 Å². The Morgan fingerprint density at radius 3 is 1.46 bits per heavy atom. The summed E-state index contributed by atoms with van der Waals surface area (Å²) in [6.45, 7) is 4.43. The molecule has 52 heavy (non-hydrogen) atoms. The van der Waals surface area contributed by atoms with Crippen molar-refractivity contribution < 1.29 is 85.6 Å². The molecule has 3 aliphatic carbocycles. The molecule has 3 aromatic rings. The van der Waals surface area contributed by atoms with Crippen LogP contribution in [0.3, 0.4) is 0 Å². The number of aliphatic hydroxyl groups is 1. The molecule has 1 N–H and O–H groups in total. The molecular formula is C33H42BBr2F7N3NaO5. The fourth-order valence-electron chi connectivity index (χ4n) is 4.54. The minimum absolute atomic E-state index is 0. The summed E-state index contributed by atoms with van der Waals surface area (Å²) in [5, 5.41) is 8.30. The average molecular weight is 887 g/mol. The third-order valence-corrected chi connectivity index (χ3v) is 8.12. The second kappa shape index (κ2) is 20.4. The molecule has 0 atom stereocenters. The number of rotatable bonds is 5. The number of hydrogen-bond donors (Lipinski definition) is 1. The van der Waals surface area contributed by atoms with Gasteiger partial charge in [0.1, 0.15) is 12.2 Å². The Hall–Kier alpha value is -1.54. The van der Waals surface area contributed by atoms with Gasteiger partial charge in [0.15, 0.2) is 0 Å². The van der Waals surface area contributed by atoms with Gasteiger partial charge in [0.05, 0.1) is 18.3 Å². The predicted molar refractivity (Wildman–Crippen MR) is 187 cm³/mol. The molecule has 3 saturated carbocycles. The van der Waals surface area contributed by atoms with Crippen molar-refractivity contribution in [2.75, 3.05) is 6.61 Å². The maximum atomic E-state index is 12.7. The average Bonchev–Trinajstić information content (AvgIpc) is 3.34. The van der Waals surface area contributed by atoms with E-state index < -0.39 is 49.1 Å². The van der Waals surface area contributed by atoms with Crippen molar-refractivity contribution in [1.29, 1.82) is 0 Å². The molecule has 4 aliphatic rings. The summed E-state index contributed by atoms with van der Waals surface area (Å²) in [5.41, 5.74) is 0.485. The summed E-state index contributed by atoms with van der Waals surface area (Å²) < 4.78 is 109. The van der Waals surface area contributed by atoms with E-state index in [0.717, 1.165) is 14.4 Å². The van der Waals surface area contributed by atoms with E-state index in [1.807, 2.05) is 13.8 Å². The van der Waals surface area contributed by atoms with Crippen molar-refractivity contribution in [1.82, 2.24) is 15.0 Å². The van der Waals surface area contributed by atoms with Crippen molar-refractivity contribution in [2.45, 2.75) is 109 Å². The minimum atomic E-state index is -2.58. The van der Waals surface area contributed by atoms with Gasteiger partial charge in [-0.05, 0) is 70.0 Å². The third kappa shape index (κ3) is 16.5. The number of alkyl halides is 6. The maximum absolute atomic E-state index is 12.7. The third-order valence-electron chi connectivity index (χ3n) is 7.18. The first-order chi connectivity index (χ1) is 22.8. The smallest absolute Gasteiger partial charge is 1.00 e. The molecule has 1 aliphatic heterocycles. The standard InChI is InChI=1S/C13H16BF2NO3.C9H8BrF2NO.C5H3BrFN.C4H6F2O.2CH4.Na.H/c1-12(2)8-18-14(20-12)9-3-4-11(17-7-9)19-10-5-13(15,16)6-10;10-6-1-2-8(13-5-6)14-7-3-9(11,12)4-7;6-4-1-2-5(7)8-3-4;5-4(6)1-3(7)2-4;;;;/h3-4,7,10H,5-6,8H2,1-2H3;1-2,5,7H,3-4H2;1-3H;3,7H,1-2H2;2*1H4;;/q;;;;;;+1;-1. The van der Waals surface area contributed by atoms with Crippen molar-refractivity contribution >= 4 is 44.4 Å². The van der Waals surface area contributed by atoms with Crippen molar-refractivity contribution in [3.63, 3.8) is 0 Å². The van der Waals surface area contributed by atoms with Gasteiger partial charge in [0, 0.05) is 77.6 Å². The summed E-state index contributed by atoms with van der Waals surface area (Å²) in [5.74, 6) is -7.38. The van der Waals surface area contributed by atoms with E-state index in [2.05, 4.69) is 46.8 Å². The second-order valence-corrected chi connectivity index (χ2v) is 14.3. The van der Waals surface area contributed by atoms with E-state index >= 15 is 0 Å². The van der Waals surface area contributed by atoms with Crippen LogP contribution in [0.5, 0.6) is 11.8 Å². The molecule has 0 unspecified atom stereocenters. The molecule has 0 bridgehead atoms. The van der Waals surface area contributed by atoms with Crippen LogP contribution in [0.15, 0.2) is 63.9 Å². The molecule has 3 aromatic heterocycles. The van der Waals surface area contributed by atoms with Gasteiger partial charge in [0.25, 0.3) is 17.8 Å². The van der Waals surface area contributed by atoms with E-state index in [1.165, 1.54) is 12.3 Å². The van der Waals surface area contributed by atoms with Crippen molar-refractivity contribution in [3.8, 4) is 11.8 Å². The Balaban J connectivity index is 0.000000718. The zero-order valence-electron chi connectivity index (χ0n) is 28.3. The molecule has 4 fully saturated rings. The second-order valence-electron chi connectivity index (χ2n) is 12.5. The van der Waals surface area contributed by atoms with Crippen molar-refractivity contribution in [3.05, 3.63) is 69.9 Å². The number of pyridine rings is 3. The Bertz CT molecular complexity index is 1470. The van der Waals surface area contributed by atoms with E-state index in [-0.39, 0.29) is 90.0 Å². The summed E-state index contributed by atoms with van der Waals surface area (Å²) in [6, 6.07) is 9.75. The number of nitrogens with zero attached hydrogens (tertiary/aromatic N) is 3. The van der Waals surface area contributed by atoms with Crippen LogP contribution in [0.25, 0.3) is 0 Å². The van der Waals surface area contributed by atoms with Gasteiger partial charge in [-0.3, -0.25) is 0 Å². The first-order valence-corrected chi connectivity index (χ1v) is 16.6. The molecule has 0 spiro atoms. The number of hydrogen-bond acceptors (Lipinski definition) is 8. The quantitative estimate of drug-likeness (QED) is 0.191. The molecule has 1 saturated heterocycles. The van der Waals surface area contributed by atoms with Gasteiger partial charge in [-0.25, -0.2) is 41.3 Å². The van der Waals surface area contributed by atoms with Crippen LogP contribution in [0.4, 0.5) is 30.7 Å². The van der Waals surface area contributed by atoms with E-state index in [1.54, 1.807) is 42.7 Å². The normalized spacial score (nSPS) is 20.3. The van der Waals surface area contributed by atoms with Crippen LogP contribution >= 0.6 is 31.9 Å². The molecule has 19 heteroatoms. The van der Waals surface area contributed by atoms with E-state index in [0.29, 0.717) is 18.4 Å². The fraction of sp³-hybridized carbons (Fsp3) is 0.545. The first kappa shape index (κ1) is 48.5. The molecular weight excluding hydrogens is 845 g/mol. The molecule has 286 valence electrons. The van der Waals surface area contributed by atoms with Gasteiger partial charge in [-0.15, -0.1) is 0 Å². The van der Waals surface area contributed by atoms with Gasteiger partial charge in [-0.2, -0.15) is 4.39 Å². The Labute approximate surface area is 340 Å². The zero-order valence-corrected chi connectivity index (χ0v) is 32.5. The monoisotopic (exact) mass is 885 g/mol. The molecule has 7 rings (SSSR count). The van der Waals surface area contributed by atoms with E-state index in [9.17, 15) is 30.7 Å². The molecule has 0 radical (unpaired) electrons. The minimum Gasteiger partial charge on any atom is -1.00 e. The Kier molecular flexibility index (Phi) is 19.0.